The molecule has 3 aliphatic rings. The molecule has 0 aromatic rings. The van der Waals surface area contributed by atoms with E-state index in [1.807, 2.05) is 0 Å². The minimum atomic E-state index is 0.454. The smallest absolute Gasteiger partial charge is 0.136 e. The lowest BCUT2D eigenvalue weighted by molar-refractivity contribution is -0.122. The fourth-order valence-corrected chi connectivity index (χ4v) is 3.53. The Morgan fingerprint density at radius 2 is 1.92 bits per heavy atom. The Balaban J connectivity index is 1.71. The van der Waals surface area contributed by atoms with Crippen LogP contribution in [0.15, 0.2) is 0 Å². The average Bonchev–Trinajstić information content (AvgIpc) is 2.75. The summed E-state index contributed by atoms with van der Waals surface area (Å²) in [5, 5.41) is 0. The van der Waals surface area contributed by atoms with Gasteiger partial charge in [-0.2, -0.15) is 0 Å². The number of Topliss-reactive ketones (excluding diaryl/α,β-unsaturated/α-hetero) is 1. The molecule has 0 aromatic carbocycles. The van der Waals surface area contributed by atoms with E-state index in [0.717, 1.165) is 18.4 Å². The van der Waals surface area contributed by atoms with E-state index in [1.165, 1.54) is 38.8 Å². The molecule has 1 aliphatic heterocycles. The standard InChI is InChI=1S/C11H17NO/c13-11-7-8-5-9(11)6-10(8)12-3-1-2-4-12/h8-10H,1-7H2/t8-,9-,10+/m1/s1. The fraction of sp³-hybridized carbons (Fsp3) is 0.909. The molecule has 0 aromatic heterocycles. The SMILES string of the molecule is O=C1C[C@H]2C[C@@H]1C[C@@H]2N1CCCC1. The van der Waals surface area contributed by atoms with Crippen LogP contribution in [0.1, 0.15) is 32.1 Å². The van der Waals surface area contributed by atoms with Crippen LogP contribution in [0.4, 0.5) is 0 Å². The summed E-state index contributed by atoms with van der Waals surface area (Å²) in [6.45, 7) is 2.59. The van der Waals surface area contributed by atoms with Gasteiger partial charge in [-0.3, -0.25) is 4.79 Å². The largest absolute Gasteiger partial charge is 0.300 e. The maximum Gasteiger partial charge on any atom is 0.136 e. The number of rotatable bonds is 1. The molecule has 13 heavy (non-hydrogen) atoms. The molecule has 72 valence electrons. The van der Waals surface area contributed by atoms with Crippen molar-refractivity contribution < 1.29 is 4.79 Å². The van der Waals surface area contributed by atoms with Gasteiger partial charge in [0.2, 0.25) is 0 Å². The molecule has 2 heteroatoms. The predicted molar refractivity (Wildman–Crippen MR) is 50.4 cm³/mol. The Labute approximate surface area is 79.3 Å². The molecule has 3 fully saturated rings. The van der Waals surface area contributed by atoms with Gasteiger partial charge in [-0.25, -0.2) is 0 Å². The van der Waals surface area contributed by atoms with Gasteiger partial charge in [0.05, 0.1) is 0 Å². The van der Waals surface area contributed by atoms with Gasteiger partial charge in [0.25, 0.3) is 0 Å². The van der Waals surface area contributed by atoms with Crippen LogP contribution >= 0.6 is 0 Å². The highest BCUT2D eigenvalue weighted by molar-refractivity contribution is 5.84. The predicted octanol–water partition coefficient (Wildman–Crippen LogP) is 1.45. The van der Waals surface area contributed by atoms with E-state index in [9.17, 15) is 4.79 Å². The second-order valence-electron chi connectivity index (χ2n) is 4.91. The van der Waals surface area contributed by atoms with Crippen LogP contribution < -0.4 is 0 Å². The average molecular weight is 179 g/mol. The van der Waals surface area contributed by atoms with Crippen molar-refractivity contribution in [2.45, 2.75) is 38.1 Å². The van der Waals surface area contributed by atoms with E-state index in [-0.39, 0.29) is 0 Å². The quantitative estimate of drug-likeness (QED) is 0.607. The van der Waals surface area contributed by atoms with Crippen molar-refractivity contribution in [1.82, 2.24) is 4.90 Å². The third-order valence-electron chi connectivity index (χ3n) is 4.19. The van der Waals surface area contributed by atoms with Crippen LogP contribution in [0.3, 0.4) is 0 Å². The lowest BCUT2D eigenvalue weighted by Gasteiger charge is -2.30. The van der Waals surface area contributed by atoms with Gasteiger partial charge < -0.3 is 4.90 Å². The fourth-order valence-electron chi connectivity index (χ4n) is 3.53. The van der Waals surface area contributed by atoms with Crippen molar-refractivity contribution in [1.29, 1.82) is 0 Å². The van der Waals surface area contributed by atoms with E-state index in [4.69, 9.17) is 0 Å². The first-order valence-electron chi connectivity index (χ1n) is 5.61. The number of carbonyl (C=O) groups is 1. The molecular weight excluding hydrogens is 162 g/mol. The van der Waals surface area contributed by atoms with E-state index in [0.29, 0.717) is 11.7 Å². The van der Waals surface area contributed by atoms with Crippen LogP contribution in [-0.4, -0.2) is 29.8 Å². The number of carbonyl (C=O) groups excluding carboxylic acids is 1. The van der Waals surface area contributed by atoms with Gasteiger partial charge in [-0.05, 0) is 44.7 Å². The summed E-state index contributed by atoms with van der Waals surface area (Å²) < 4.78 is 0. The summed E-state index contributed by atoms with van der Waals surface area (Å²) >= 11 is 0. The van der Waals surface area contributed by atoms with Gasteiger partial charge in [-0.1, -0.05) is 0 Å². The lowest BCUT2D eigenvalue weighted by Crippen LogP contribution is -2.38. The Morgan fingerprint density at radius 3 is 2.46 bits per heavy atom. The van der Waals surface area contributed by atoms with Crippen molar-refractivity contribution in [2.75, 3.05) is 13.1 Å². The van der Waals surface area contributed by atoms with Crippen LogP contribution in [0.2, 0.25) is 0 Å². The number of ketones is 1. The van der Waals surface area contributed by atoms with Gasteiger partial charge >= 0.3 is 0 Å². The second-order valence-corrected chi connectivity index (χ2v) is 4.91. The summed E-state index contributed by atoms with van der Waals surface area (Å²) in [5.41, 5.74) is 0. The molecule has 0 spiro atoms. The Hall–Kier alpha value is -0.370. The summed E-state index contributed by atoms with van der Waals surface area (Å²) in [6, 6.07) is 0.783. The molecule has 2 saturated carbocycles. The molecule has 3 rings (SSSR count). The first-order valence-corrected chi connectivity index (χ1v) is 5.61. The van der Waals surface area contributed by atoms with E-state index in [1.54, 1.807) is 0 Å². The van der Waals surface area contributed by atoms with Crippen LogP contribution in [0.5, 0.6) is 0 Å². The maximum absolute atomic E-state index is 11.4. The number of likely N-dealkylation sites (tertiary alicyclic amines) is 1. The number of hydrogen-bond donors (Lipinski definition) is 0. The second kappa shape index (κ2) is 2.81. The molecule has 2 aliphatic carbocycles. The number of nitrogens with zero attached hydrogens (tertiary/aromatic N) is 1. The molecule has 1 saturated heterocycles. The van der Waals surface area contributed by atoms with Gasteiger partial charge in [0.15, 0.2) is 0 Å². The summed E-state index contributed by atoms with van der Waals surface area (Å²) in [7, 11) is 0. The topological polar surface area (TPSA) is 20.3 Å². The van der Waals surface area contributed by atoms with Crippen molar-refractivity contribution in [3.8, 4) is 0 Å². The van der Waals surface area contributed by atoms with Crippen molar-refractivity contribution in [3.63, 3.8) is 0 Å². The third kappa shape index (κ3) is 1.15. The van der Waals surface area contributed by atoms with E-state index in [2.05, 4.69) is 4.90 Å². The van der Waals surface area contributed by atoms with Gasteiger partial charge in [0.1, 0.15) is 5.78 Å². The molecule has 2 bridgehead atoms. The zero-order chi connectivity index (χ0) is 8.84. The molecular formula is C11H17NO. The van der Waals surface area contributed by atoms with Crippen molar-refractivity contribution in [3.05, 3.63) is 0 Å². The normalized spacial score (nSPS) is 44.9. The molecule has 3 atom stereocenters. The van der Waals surface area contributed by atoms with Crippen LogP contribution in [0, 0.1) is 11.8 Å². The summed E-state index contributed by atoms with van der Waals surface area (Å²) in [5.74, 6) is 1.74. The van der Waals surface area contributed by atoms with Crippen LogP contribution in [-0.2, 0) is 4.79 Å². The summed E-state index contributed by atoms with van der Waals surface area (Å²) in [4.78, 5) is 14.0. The monoisotopic (exact) mass is 179 g/mol. The molecule has 1 heterocycles. The molecule has 0 unspecified atom stereocenters. The Kier molecular flexibility index (Phi) is 1.72. The highest BCUT2D eigenvalue weighted by atomic mass is 16.1. The minimum absolute atomic E-state index is 0.454. The molecule has 0 amide bonds. The zero-order valence-electron chi connectivity index (χ0n) is 8.04. The highest BCUT2D eigenvalue weighted by Gasteiger charge is 2.47. The highest BCUT2D eigenvalue weighted by Crippen LogP contribution is 2.45. The molecule has 0 radical (unpaired) electrons. The minimum Gasteiger partial charge on any atom is -0.300 e. The molecule has 0 N–H and O–H groups in total. The number of hydrogen-bond acceptors (Lipinski definition) is 2. The first-order chi connectivity index (χ1) is 6.34. The third-order valence-corrected chi connectivity index (χ3v) is 4.19. The molecule has 2 nitrogen and oxygen atoms in total. The summed E-state index contributed by atoms with van der Waals surface area (Å²) in [6.07, 6.45) is 6.04. The Morgan fingerprint density at radius 1 is 1.15 bits per heavy atom. The van der Waals surface area contributed by atoms with Gasteiger partial charge in [-0.15, -0.1) is 0 Å². The number of fused-ring (bicyclic) bond motifs is 2. The first kappa shape index (κ1) is 7.98. The Bertz CT molecular complexity index is 232. The van der Waals surface area contributed by atoms with Crippen molar-refractivity contribution >= 4 is 5.78 Å². The van der Waals surface area contributed by atoms with E-state index < -0.39 is 0 Å². The van der Waals surface area contributed by atoms with Crippen LogP contribution in [0.25, 0.3) is 0 Å². The van der Waals surface area contributed by atoms with E-state index >= 15 is 0 Å². The zero-order valence-corrected chi connectivity index (χ0v) is 8.04. The van der Waals surface area contributed by atoms with Gasteiger partial charge in [0, 0.05) is 18.4 Å². The lowest BCUT2D eigenvalue weighted by atomic mass is 9.93. The maximum atomic E-state index is 11.4. The van der Waals surface area contributed by atoms with Crippen molar-refractivity contribution in [2.24, 2.45) is 11.8 Å².